The zero-order chi connectivity index (χ0) is 14.3. The number of carbonyl (C=O) groups excluding carboxylic acids is 1. The Bertz CT molecular complexity index is 421. The molecule has 1 amide bonds. The van der Waals surface area contributed by atoms with E-state index in [0.29, 0.717) is 17.9 Å². The first-order valence-electron chi connectivity index (χ1n) is 6.41. The lowest BCUT2D eigenvalue weighted by molar-refractivity contribution is -0.123. The third kappa shape index (κ3) is 5.26. The molecule has 0 saturated carbocycles. The second kappa shape index (κ2) is 7.74. The van der Waals surface area contributed by atoms with E-state index in [4.69, 9.17) is 4.74 Å². The Morgan fingerprint density at radius 2 is 2.26 bits per heavy atom. The largest absolute Gasteiger partial charge is 0.483 e. The Kier molecular flexibility index (Phi) is 6.29. The second-order valence-corrected chi connectivity index (χ2v) is 4.35. The van der Waals surface area contributed by atoms with Crippen LogP contribution in [0.2, 0.25) is 0 Å². The number of ether oxygens (including phenoxy) is 1. The molecule has 0 radical (unpaired) electrons. The highest BCUT2D eigenvalue weighted by Gasteiger charge is 2.12. The Balaban J connectivity index is 2.55. The Morgan fingerprint density at radius 3 is 2.89 bits per heavy atom. The van der Waals surface area contributed by atoms with Gasteiger partial charge in [-0.05, 0) is 31.5 Å². The summed E-state index contributed by atoms with van der Waals surface area (Å²) in [6.45, 7) is 4.03. The van der Waals surface area contributed by atoms with Gasteiger partial charge >= 0.3 is 0 Å². The van der Waals surface area contributed by atoms with Crippen molar-refractivity contribution in [3.63, 3.8) is 0 Å². The van der Waals surface area contributed by atoms with E-state index in [1.165, 1.54) is 25.1 Å². The summed E-state index contributed by atoms with van der Waals surface area (Å²) in [5.74, 6) is -0.355. The molecule has 1 aromatic carbocycles. The van der Waals surface area contributed by atoms with Gasteiger partial charge in [0.25, 0.3) is 5.91 Å². The Labute approximate surface area is 112 Å². The zero-order valence-electron chi connectivity index (χ0n) is 11.3. The fourth-order valence-corrected chi connectivity index (χ4v) is 1.58. The average Bonchev–Trinajstić information content (AvgIpc) is 2.37. The lowest BCUT2D eigenvalue weighted by Crippen LogP contribution is -2.29. The smallest absolute Gasteiger partial charge is 0.257 e. The maximum Gasteiger partial charge on any atom is 0.257 e. The quantitative estimate of drug-likeness (QED) is 0.746. The van der Waals surface area contributed by atoms with Gasteiger partial charge in [-0.25, -0.2) is 4.39 Å². The summed E-state index contributed by atoms with van der Waals surface area (Å²) < 4.78 is 18.4. The summed E-state index contributed by atoms with van der Waals surface area (Å²) in [6, 6.07) is 3.85. The first kappa shape index (κ1) is 15.4. The minimum atomic E-state index is -0.853. The molecular weight excluding hydrogens is 249 g/mol. The molecule has 2 N–H and O–H groups in total. The SMILES string of the molecule is CCCCNC(=O)COc1ccc(F)cc1[C@@H](C)O. The van der Waals surface area contributed by atoms with Gasteiger partial charge in [-0.1, -0.05) is 13.3 Å². The third-order valence-electron chi connectivity index (χ3n) is 2.63. The molecule has 1 aromatic rings. The molecule has 106 valence electrons. The maximum absolute atomic E-state index is 13.1. The van der Waals surface area contributed by atoms with Crippen molar-refractivity contribution in [2.45, 2.75) is 32.8 Å². The molecule has 0 aliphatic rings. The number of benzene rings is 1. The summed E-state index contributed by atoms with van der Waals surface area (Å²) in [5.41, 5.74) is 0.335. The highest BCUT2D eigenvalue weighted by atomic mass is 19.1. The molecule has 19 heavy (non-hydrogen) atoms. The van der Waals surface area contributed by atoms with Crippen LogP contribution in [0.5, 0.6) is 5.75 Å². The van der Waals surface area contributed by atoms with Crippen molar-refractivity contribution >= 4 is 5.91 Å². The summed E-state index contributed by atoms with van der Waals surface area (Å²) >= 11 is 0. The van der Waals surface area contributed by atoms with Gasteiger partial charge in [0.2, 0.25) is 0 Å². The van der Waals surface area contributed by atoms with Crippen molar-refractivity contribution in [3.8, 4) is 5.75 Å². The van der Waals surface area contributed by atoms with E-state index >= 15 is 0 Å². The van der Waals surface area contributed by atoms with Crippen molar-refractivity contribution in [2.75, 3.05) is 13.2 Å². The number of aliphatic hydroxyl groups is 1. The van der Waals surface area contributed by atoms with E-state index in [1.807, 2.05) is 6.92 Å². The van der Waals surface area contributed by atoms with Crippen LogP contribution in [0.25, 0.3) is 0 Å². The normalized spacial score (nSPS) is 12.0. The van der Waals surface area contributed by atoms with Gasteiger partial charge in [-0.15, -0.1) is 0 Å². The molecule has 0 saturated heterocycles. The molecule has 1 rings (SSSR count). The first-order valence-corrected chi connectivity index (χ1v) is 6.41. The van der Waals surface area contributed by atoms with Crippen molar-refractivity contribution in [1.82, 2.24) is 5.32 Å². The number of aliphatic hydroxyl groups excluding tert-OH is 1. The molecule has 0 fully saturated rings. The van der Waals surface area contributed by atoms with Gasteiger partial charge in [0, 0.05) is 12.1 Å². The average molecular weight is 269 g/mol. The molecule has 0 bridgehead atoms. The predicted octanol–water partition coefficient (Wildman–Crippen LogP) is 2.17. The number of unbranched alkanes of at least 4 members (excludes halogenated alkanes) is 1. The number of carbonyl (C=O) groups is 1. The van der Waals surface area contributed by atoms with E-state index in [1.54, 1.807) is 0 Å². The molecular formula is C14H20FNO3. The minimum absolute atomic E-state index is 0.144. The highest BCUT2D eigenvalue weighted by molar-refractivity contribution is 5.77. The first-order chi connectivity index (χ1) is 9.04. The van der Waals surface area contributed by atoms with Crippen LogP contribution >= 0.6 is 0 Å². The van der Waals surface area contributed by atoms with Crippen molar-refractivity contribution in [1.29, 1.82) is 0 Å². The van der Waals surface area contributed by atoms with Gasteiger partial charge in [0.1, 0.15) is 11.6 Å². The Morgan fingerprint density at radius 1 is 1.53 bits per heavy atom. The fraction of sp³-hybridized carbons (Fsp3) is 0.500. The van der Waals surface area contributed by atoms with Crippen LogP contribution in [-0.2, 0) is 4.79 Å². The molecule has 0 aliphatic carbocycles. The minimum Gasteiger partial charge on any atom is -0.483 e. The lowest BCUT2D eigenvalue weighted by Gasteiger charge is -2.13. The van der Waals surface area contributed by atoms with Crippen molar-refractivity contribution in [3.05, 3.63) is 29.6 Å². The van der Waals surface area contributed by atoms with Crippen LogP contribution in [0.4, 0.5) is 4.39 Å². The second-order valence-electron chi connectivity index (χ2n) is 4.35. The van der Waals surface area contributed by atoms with Crippen molar-refractivity contribution < 1.29 is 19.0 Å². The molecule has 0 aliphatic heterocycles. The molecule has 0 aromatic heterocycles. The third-order valence-corrected chi connectivity index (χ3v) is 2.63. The zero-order valence-corrected chi connectivity index (χ0v) is 11.3. The molecule has 1 atom stereocenters. The fourth-order valence-electron chi connectivity index (χ4n) is 1.58. The maximum atomic E-state index is 13.1. The van der Waals surface area contributed by atoms with E-state index in [2.05, 4.69) is 5.32 Å². The van der Waals surface area contributed by atoms with Crippen LogP contribution in [0.15, 0.2) is 18.2 Å². The van der Waals surface area contributed by atoms with Crippen LogP contribution in [-0.4, -0.2) is 24.2 Å². The number of hydrogen-bond acceptors (Lipinski definition) is 3. The van der Waals surface area contributed by atoms with Gasteiger partial charge in [0.05, 0.1) is 6.10 Å². The molecule has 0 spiro atoms. The summed E-state index contributed by atoms with van der Waals surface area (Å²) in [5, 5.41) is 12.2. The van der Waals surface area contributed by atoms with Crippen LogP contribution < -0.4 is 10.1 Å². The van der Waals surface area contributed by atoms with E-state index in [-0.39, 0.29) is 12.5 Å². The molecule has 0 unspecified atom stereocenters. The van der Waals surface area contributed by atoms with E-state index in [0.717, 1.165) is 12.8 Å². The van der Waals surface area contributed by atoms with Crippen molar-refractivity contribution in [2.24, 2.45) is 0 Å². The summed E-state index contributed by atoms with van der Waals surface area (Å²) in [7, 11) is 0. The number of hydrogen-bond donors (Lipinski definition) is 2. The number of rotatable bonds is 7. The highest BCUT2D eigenvalue weighted by Crippen LogP contribution is 2.25. The standard InChI is InChI=1S/C14H20FNO3/c1-3-4-7-16-14(18)9-19-13-6-5-11(15)8-12(13)10(2)17/h5-6,8,10,17H,3-4,7,9H2,1-2H3,(H,16,18)/t10-/m1/s1. The van der Waals surface area contributed by atoms with Gasteiger partial charge in [-0.3, -0.25) is 4.79 Å². The number of halogens is 1. The molecule has 5 heteroatoms. The summed E-state index contributed by atoms with van der Waals surface area (Å²) in [6.07, 6.45) is 1.07. The van der Waals surface area contributed by atoms with Gasteiger partial charge < -0.3 is 15.2 Å². The Hall–Kier alpha value is -1.62. The molecule has 4 nitrogen and oxygen atoms in total. The van der Waals surface area contributed by atoms with Crippen LogP contribution in [0, 0.1) is 5.82 Å². The van der Waals surface area contributed by atoms with Crippen LogP contribution in [0.3, 0.4) is 0 Å². The lowest BCUT2D eigenvalue weighted by atomic mass is 10.1. The number of amides is 1. The van der Waals surface area contributed by atoms with E-state index < -0.39 is 11.9 Å². The topological polar surface area (TPSA) is 58.6 Å². The van der Waals surface area contributed by atoms with E-state index in [9.17, 15) is 14.3 Å². The monoisotopic (exact) mass is 269 g/mol. The summed E-state index contributed by atoms with van der Waals surface area (Å²) in [4.78, 5) is 11.5. The molecule has 0 heterocycles. The number of nitrogens with one attached hydrogen (secondary N) is 1. The van der Waals surface area contributed by atoms with Gasteiger partial charge in [-0.2, -0.15) is 0 Å². The van der Waals surface area contributed by atoms with Gasteiger partial charge in [0.15, 0.2) is 6.61 Å². The predicted molar refractivity (Wildman–Crippen MR) is 70.4 cm³/mol. The van der Waals surface area contributed by atoms with Crippen LogP contribution in [0.1, 0.15) is 38.4 Å².